The standard InChI is InChI=1S/C18H22N2S/c1-2-19-17(18-20-15-7-4-8-16(15)21-18)14-6-3-5-13(11-14)12-9-10-12/h3,5-6,11-12,17,19H,2,4,7-10H2,1H3. The van der Waals surface area contributed by atoms with Gasteiger partial charge in [0.15, 0.2) is 0 Å². The lowest BCUT2D eigenvalue weighted by Crippen LogP contribution is -2.22. The summed E-state index contributed by atoms with van der Waals surface area (Å²) in [4.78, 5) is 6.45. The van der Waals surface area contributed by atoms with Crippen LogP contribution in [-0.4, -0.2) is 11.5 Å². The van der Waals surface area contributed by atoms with Gasteiger partial charge in [-0.2, -0.15) is 0 Å². The summed E-state index contributed by atoms with van der Waals surface area (Å²) in [6.07, 6.45) is 6.42. The van der Waals surface area contributed by atoms with Crippen LogP contribution in [0.1, 0.15) is 64.9 Å². The maximum absolute atomic E-state index is 4.93. The van der Waals surface area contributed by atoms with Crippen LogP contribution < -0.4 is 5.32 Å². The molecule has 4 rings (SSSR count). The van der Waals surface area contributed by atoms with Crippen LogP contribution in [-0.2, 0) is 12.8 Å². The highest BCUT2D eigenvalue weighted by atomic mass is 32.1. The molecule has 110 valence electrons. The molecule has 2 aliphatic rings. The maximum atomic E-state index is 4.93. The first-order valence-electron chi connectivity index (χ1n) is 8.17. The molecule has 0 spiro atoms. The zero-order valence-electron chi connectivity index (χ0n) is 12.6. The summed E-state index contributed by atoms with van der Waals surface area (Å²) >= 11 is 1.92. The van der Waals surface area contributed by atoms with Crippen LogP contribution in [0.25, 0.3) is 0 Å². The van der Waals surface area contributed by atoms with E-state index in [0.717, 1.165) is 12.5 Å². The molecule has 0 bridgehead atoms. The molecule has 0 radical (unpaired) electrons. The molecule has 1 saturated carbocycles. The Kier molecular flexibility index (Phi) is 3.56. The van der Waals surface area contributed by atoms with E-state index < -0.39 is 0 Å². The van der Waals surface area contributed by atoms with Crippen molar-refractivity contribution in [2.24, 2.45) is 0 Å². The predicted octanol–water partition coefficient (Wildman–Crippen LogP) is 4.21. The molecule has 0 aliphatic heterocycles. The highest BCUT2D eigenvalue weighted by molar-refractivity contribution is 7.11. The van der Waals surface area contributed by atoms with E-state index in [2.05, 4.69) is 36.5 Å². The van der Waals surface area contributed by atoms with E-state index in [4.69, 9.17) is 4.98 Å². The highest BCUT2D eigenvalue weighted by Gasteiger charge is 2.26. The Morgan fingerprint density at radius 1 is 1.33 bits per heavy atom. The van der Waals surface area contributed by atoms with Crippen molar-refractivity contribution in [3.63, 3.8) is 0 Å². The zero-order valence-corrected chi connectivity index (χ0v) is 13.4. The molecule has 2 nitrogen and oxygen atoms in total. The van der Waals surface area contributed by atoms with E-state index in [0.29, 0.717) is 0 Å². The van der Waals surface area contributed by atoms with Crippen molar-refractivity contribution in [3.8, 4) is 0 Å². The highest BCUT2D eigenvalue weighted by Crippen LogP contribution is 2.41. The number of benzene rings is 1. The fourth-order valence-electron chi connectivity index (χ4n) is 3.29. The van der Waals surface area contributed by atoms with Gasteiger partial charge >= 0.3 is 0 Å². The van der Waals surface area contributed by atoms with Gasteiger partial charge in [-0.3, -0.25) is 0 Å². The second-order valence-corrected chi connectivity index (χ2v) is 7.33. The molecule has 2 aromatic rings. The van der Waals surface area contributed by atoms with Crippen molar-refractivity contribution in [3.05, 3.63) is 51.0 Å². The van der Waals surface area contributed by atoms with E-state index in [-0.39, 0.29) is 6.04 Å². The third-order valence-electron chi connectivity index (χ3n) is 4.56. The molecule has 2 aliphatic carbocycles. The van der Waals surface area contributed by atoms with Gasteiger partial charge in [0.25, 0.3) is 0 Å². The van der Waals surface area contributed by atoms with Gasteiger partial charge in [-0.15, -0.1) is 11.3 Å². The minimum absolute atomic E-state index is 0.268. The van der Waals surface area contributed by atoms with Crippen LogP contribution >= 0.6 is 11.3 Å². The van der Waals surface area contributed by atoms with E-state index in [1.807, 2.05) is 11.3 Å². The van der Waals surface area contributed by atoms with Crippen LogP contribution in [0, 0.1) is 0 Å². The van der Waals surface area contributed by atoms with Crippen molar-refractivity contribution in [2.75, 3.05) is 6.54 Å². The topological polar surface area (TPSA) is 24.9 Å². The SMILES string of the molecule is CCNC(c1cccc(C2CC2)c1)c1nc2c(s1)CCC2. The second kappa shape index (κ2) is 5.54. The average Bonchev–Trinajstić information content (AvgIpc) is 3.14. The van der Waals surface area contributed by atoms with Gasteiger partial charge in [0.2, 0.25) is 0 Å². The van der Waals surface area contributed by atoms with Crippen LogP contribution in [0.15, 0.2) is 24.3 Å². The van der Waals surface area contributed by atoms with Crippen molar-refractivity contribution < 1.29 is 0 Å². The van der Waals surface area contributed by atoms with Gasteiger partial charge in [0.05, 0.1) is 11.7 Å². The maximum Gasteiger partial charge on any atom is 0.115 e. The molecule has 1 heterocycles. The molecule has 1 aromatic carbocycles. The molecule has 3 heteroatoms. The number of hydrogen-bond donors (Lipinski definition) is 1. The Morgan fingerprint density at radius 3 is 3.00 bits per heavy atom. The van der Waals surface area contributed by atoms with E-state index in [1.165, 1.54) is 58.8 Å². The zero-order chi connectivity index (χ0) is 14.2. The molecule has 1 atom stereocenters. The van der Waals surface area contributed by atoms with Crippen molar-refractivity contribution in [2.45, 2.75) is 51.0 Å². The summed E-state index contributed by atoms with van der Waals surface area (Å²) in [5.41, 5.74) is 4.25. The minimum atomic E-state index is 0.268. The fourth-order valence-corrected chi connectivity index (χ4v) is 4.55. The first-order valence-corrected chi connectivity index (χ1v) is 8.98. The Bertz CT molecular complexity index is 621. The normalized spacial score (nSPS) is 18.7. The van der Waals surface area contributed by atoms with Crippen LogP contribution in [0.3, 0.4) is 0 Å². The number of hydrogen-bond acceptors (Lipinski definition) is 3. The van der Waals surface area contributed by atoms with Gasteiger partial charge in [0, 0.05) is 4.88 Å². The first kappa shape index (κ1) is 13.5. The van der Waals surface area contributed by atoms with Gasteiger partial charge < -0.3 is 5.32 Å². The van der Waals surface area contributed by atoms with Crippen molar-refractivity contribution >= 4 is 11.3 Å². The number of thiazole rings is 1. The minimum Gasteiger partial charge on any atom is -0.305 e. The Balaban J connectivity index is 1.67. The Labute approximate surface area is 130 Å². The Hall–Kier alpha value is -1.19. The molecule has 0 amide bonds. The van der Waals surface area contributed by atoms with Crippen molar-refractivity contribution in [1.29, 1.82) is 0 Å². The molecule has 0 saturated heterocycles. The summed E-state index contributed by atoms with van der Waals surface area (Å²) in [6.45, 7) is 3.15. The third kappa shape index (κ3) is 2.65. The van der Waals surface area contributed by atoms with Gasteiger partial charge in [-0.25, -0.2) is 4.98 Å². The number of fused-ring (bicyclic) bond motifs is 1. The van der Waals surface area contributed by atoms with E-state index in [9.17, 15) is 0 Å². The summed E-state index contributed by atoms with van der Waals surface area (Å²) in [5, 5.41) is 4.90. The average molecular weight is 298 g/mol. The van der Waals surface area contributed by atoms with Gasteiger partial charge in [-0.1, -0.05) is 31.2 Å². The third-order valence-corrected chi connectivity index (χ3v) is 5.78. The molecule has 1 aromatic heterocycles. The summed E-state index contributed by atoms with van der Waals surface area (Å²) in [7, 11) is 0. The predicted molar refractivity (Wildman–Crippen MR) is 88.1 cm³/mol. The molecule has 1 unspecified atom stereocenters. The molecule has 1 N–H and O–H groups in total. The molecule has 21 heavy (non-hydrogen) atoms. The summed E-state index contributed by atoms with van der Waals surface area (Å²) in [5.74, 6) is 0.813. The lowest BCUT2D eigenvalue weighted by Gasteiger charge is -2.17. The van der Waals surface area contributed by atoms with Crippen LogP contribution in [0.4, 0.5) is 0 Å². The molecular formula is C18H22N2S. The first-order chi connectivity index (χ1) is 10.3. The lowest BCUT2D eigenvalue weighted by atomic mass is 10.0. The van der Waals surface area contributed by atoms with Gasteiger partial charge in [-0.05, 0) is 55.7 Å². The molecule has 1 fully saturated rings. The van der Waals surface area contributed by atoms with Crippen molar-refractivity contribution in [1.82, 2.24) is 10.3 Å². The number of nitrogens with zero attached hydrogens (tertiary/aromatic N) is 1. The largest absolute Gasteiger partial charge is 0.305 e. The number of nitrogens with one attached hydrogen (secondary N) is 1. The van der Waals surface area contributed by atoms with Crippen LogP contribution in [0.5, 0.6) is 0 Å². The Morgan fingerprint density at radius 2 is 2.24 bits per heavy atom. The smallest absolute Gasteiger partial charge is 0.115 e. The number of rotatable bonds is 5. The fraction of sp³-hybridized carbons (Fsp3) is 0.500. The van der Waals surface area contributed by atoms with E-state index in [1.54, 1.807) is 0 Å². The number of aryl methyl sites for hydroxylation is 2. The molecular weight excluding hydrogens is 276 g/mol. The monoisotopic (exact) mass is 298 g/mol. The van der Waals surface area contributed by atoms with Crippen LogP contribution in [0.2, 0.25) is 0 Å². The second-order valence-electron chi connectivity index (χ2n) is 6.21. The quantitative estimate of drug-likeness (QED) is 0.894. The summed E-state index contributed by atoms with van der Waals surface area (Å²) in [6, 6.07) is 9.42. The lowest BCUT2D eigenvalue weighted by molar-refractivity contribution is 0.624. The number of aromatic nitrogens is 1. The summed E-state index contributed by atoms with van der Waals surface area (Å²) < 4.78 is 0. The van der Waals surface area contributed by atoms with E-state index >= 15 is 0 Å². The van der Waals surface area contributed by atoms with Gasteiger partial charge in [0.1, 0.15) is 5.01 Å².